The number of hydrogen-bond acceptors (Lipinski definition) is 3. The van der Waals surface area contributed by atoms with Gasteiger partial charge in [-0.1, -0.05) is 23.7 Å². The van der Waals surface area contributed by atoms with E-state index in [2.05, 4.69) is 20.6 Å². The molecule has 2 aromatic heterocycles. The highest BCUT2D eigenvalue weighted by atomic mass is 35.5. The molecule has 0 unspecified atom stereocenters. The van der Waals surface area contributed by atoms with Crippen molar-refractivity contribution in [1.82, 2.24) is 15.3 Å². The first-order valence-electron chi connectivity index (χ1n) is 7.37. The van der Waals surface area contributed by atoms with Crippen molar-refractivity contribution in [2.24, 2.45) is 0 Å². The van der Waals surface area contributed by atoms with E-state index in [1.54, 1.807) is 36.7 Å². The van der Waals surface area contributed by atoms with E-state index in [-0.39, 0.29) is 6.03 Å². The Kier molecular flexibility index (Phi) is 5.03. The largest absolute Gasteiger partial charge is 0.334 e. The van der Waals surface area contributed by atoms with Crippen LogP contribution in [0.2, 0.25) is 5.02 Å². The number of urea groups is 1. The molecule has 0 aliphatic heterocycles. The number of halogens is 1. The van der Waals surface area contributed by atoms with E-state index in [1.807, 2.05) is 30.3 Å². The van der Waals surface area contributed by atoms with Gasteiger partial charge in [0.05, 0.1) is 11.4 Å². The Balaban J connectivity index is 1.54. The van der Waals surface area contributed by atoms with E-state index >= 15 is 0 Å². The number of hydrogen-bond donors (Lipinski definition) is 2. The van der Waals surface area contributed by atoms with Gasteiger partial charge in [-0.3, -0.25) is 9.97 Å². The SMILES string of the molecule is O=C(NCc1ccc(-c2ccccn2)nc1)Nc1ccc(Cl)cc1. The van der Waals surface area contributed by atoms with Crippen molar-refractivity contribution in [3.63, 3.8) is 0 Å². The van der Waals surface area contributed by atoms with Crippen LogP contribution in [0.25, 0.3) is 11.4 Å². The lowest BCUT2D eigenvalue weighted by atomic mass is 10.2. The quantitative estimate of drug-likeness (QED) is 0.752. The van der Waals surface area contributed by atoms with Gasteiger partial charge < -0.3 is 10.6 Å². The molecule has 0 spiro atoms. The number of aromatic nitrogens is 2. The fourth-order valence-electron chi connectivity index (χ4n) is 2.09. The first-order valence-corrected chi connectivity index (χ1v) is 7.75. The maximum Gasteiger partial charge on any atom is 0.319 e. The number of benzene rings is 1. The van der Waals surface area contributed by atoms with Gasteiger partial charge in [-0.15, -0.1) is 0 Å². The fraction of sp³-hybridized carbons (Fsp3) is 0.0556. The summed E-state index contributed by atoms with van der Waals surface area (Å²) in [5.74, 6) is 0. The Morgan fingerprint density at radius 3 is 2.42 bits per heavy atom. The van der Waals surface area contributed by atoms with Gasteiger partial charge >= 0.3 is 6.03 Å². The van der Waals surface area contributed by atoms with Crippen molar-refractivity contribution in [2.75, 3.05) is 5.32 Å². The lowest BCUT2D eigenvalue weighted by Gasteiger charge is -2.08. The van der Waals surface area contributed by atoms with E-state index < -0.39 is 0 Å². The van der Waals surface area contributed by atoms with E-state index in [9.17, 15) is 4.79 Å². The Labute approximate surface area is 144 Å². The van der Waals surface area contributed by atoms with Crippen LogP contribution in [0, 0.1) is 0 Å². The molecule has 3 aromatic rings. The predicted octanol–water partition coefficient (Wildman–Crippen LogP) is 4.12. The Hall–Kier alpha value is -2.92. The van der Waals surface area contributed by atoms with Crippen LogP contribution in [0.4, 0.5) is 10.5 Å². The maximum atomic E-state index is 11.9. The zero-order chi connectivity index (χ0) is 16.8. The minimum absolute atomic E-state index is 0.286. The number of carbonyl (C=O) groups excluding carboxylic acids is 1. The van der Waals surface area contributed by atoms with Crippen molar-refractivity contribution < 1.29 is 4.79 Å². The molecule has 6 heteroatoms. The Bertz CT molecular complexity index is 805. The number of pyridine rings is 2. The third kappa shape index (κ3) is 4.30. The second-order valence-electron chi connectivity index (χ2n) is 5.08. The van der Waals surface area contributed by atoms with Crippen LogP contribution in [0.3, 0.4) is 0 Å². The van der Waals surface area contributed by atoms with E-state index in [4.69, 9.17) is 11.6 Å². The number of rotatable bonds is 4. The molecule has 0 atom stereocenters. The molecule has 0 bridgehead atoms. The highest BCUT2D eigenvalue weighted by Crippen LogP contribution is 2.14. The molecule has 2 heterocycles. The normalized spacial score (nSPS) is 10.2. The second kappa shape index (κ2) is 7.57. The van der Waals surface area contributed by atoms with Crippen molar-refractivity contribution in [2.45, 2.75) is 6.54 Å². The monoisotopic (exact) mass is 338 g/mol. The van der Waals surface area contributed by atoms with Crippen molar-refractivity contribution >= 4 is 23.3 Å². The first kappa shape index (κ1) is 16.0. The molecule has 3 rings (SSSR count). The topological polar surface area (TPSA) is 66.9 Å². The summed E-state index contributed by atoms with van der Waals surface area (Å²) in [6.45, 7) is 0.384. The molecular weight excluding hydrogens is 324 g/mol. The van der Waals surface area contributed by atoms with E-state index in [0.29, 0.717) is 17.3 Å². The molecule has 0 saturated carbocycles. The number of nitrogens with zero attached hydrogens (tertiary/aromatic N) is 2. The summed E-state index contributed by atoms with van der Waals surface area (Å²) >= 11 is 5.81. The molecule has 0 aliphatic rings. The molecular formula is C18H15ClN4O. The molecule has 2 amide bonds. The van der Waals surface area contributed by atoms with E-state index in [1.165, 1.54) is 0 Å². The van der Waals surface area contributed by atoms with Crippen LogP contribution in [0.15, 0.2) is 67.0 Å². The molecule has 0 aliphatic carbocycles. The van der Waals surface area contributed by atoms with Gasteiger partial charge in [0.1, 0.15) is 0 Å². The molecule has 0 radical (unpaired) electrons. The summed E-state index contributed by atoms with van der Waals surface area (Å²) in [5, 5.41) is 6.15. The number of amides is 2. The van der Waals surface area contributed by atoms with Crippen molar-refractivity contribution in [3.8, 4) is 11.4 Å². The highest BCUT2D eigenvalue weighted by molar-refractivity contribution is 6.30. The molecule has 2 N–H and O–H groups in total. The van der Waals surface area contributed by atoms with Crippen LogP contribution in [0.1, 0.15) is 5.56 Å². The molecule has 0 saturated heterocycles. The second-order valence-corrected chi connectivity index (χ2v) is 5.52. The number of carbonyl (C=O) groups is 1. The smallest absolute Gasteiger partial charge is 0.319 e. The van der Waals surface area contributed by atoms with Crippen LogP contribution in [-0.4, -0.2) is 16.0 Å². The van der Waals surface area contributed by atoms with Crippen LogP contribution >= 0.6 is 11.6 Å². The zero-order valence-corrected chi connectivity index (χ0v) is 13.5. The van der Waals surface area contributed by atoms with Gasteiger partial charge in [0.25, 0.3) is 0 Å². The third-order valence-corrected chi connectivity index (χ3v) is 3.56. The molecule has 5 nitrogen and oxygen atoms in total. The third-order valence-electron chi connectivity index (χ3n) is 3.31. The maximum absolute atomic E-state index is 11.9. The number of anilines is 1. The zero-order valence-electron chi connectivity index (χ0n) is 12.7. The predicted molar refractivity (Wildman–Crippen MR) is 94.8 cm³/mol. The molecule has 24 heavy (non-hydrogen) atoms. The molecule has 120 valence electrons. The van der Waals surface area contributed by atoms with Gasteiger partial charge in [0.2, 0.25) is 0 Å². The van der Waals surface area contributed by atoms with Crippen LogP contribution in [0.5, 0.6) is 0 Å². The minimum Gasteiger partial charge on any atom is -0.334 e. The molecule has 0 fully saturated rings. The summed E-state index contributed by atoms with van der Waals surface area (Å²) in [4.78, 5) is 20.5. The molecule has 1 aromatic carbocycles. The van der Waals surface area contributed by atoms with Gasteiger partial charge in [-0.2, -0.15) is 0 Å². The average Bonchev–Trinajstić information content (AvgIpc) is 2.63. The van der Waals surface area contributed by atoms with Gasteiger partial charge in [0, 0.05) is 29.6 Å². The van der Waals surface area contributed by atoms with Gasteiger partial charge in [-0.05, 0) is 48.0 Å². The van der Waals surface area contributed by atoms with Crippen molar-refractivity contribution in [3.05, 3.63) is 77.6 Å². The Morgan fingerprint density at radius 2 is 1.75 bits per heavy atom. The fourth-order valence-corrected chi connectivity index (χ4v) is 2.21. The van der Waals surface area contributed by atoms with E-state index in [0.717, 1.165) is 17.0 Å². The summed E-state index contributed by atoms with van der Waals surface area (Å²) in [6, 6.07) is 16.1. The standard InChI is InChI=1S/C18H15ClN4O/c19-14-5-7-15(8-6-14)23-18(24)22-12-13-4-9-17(21-11-13)16-3-1-2-10-20-16/h1-11H,12H2,(H2,22,23,24). The summed E-state index contributed by atoms with van der Waals surface area (Å²) in [7, 11) is 0. The summed E-state index contributed by atoms with van der Waals surface area (Å²) in [5.41, 5.74) is 3.20. The average molecular weight is 339 g/mol. The van der Waals surface area contributed by atoms with Crippen LogP contribution < -0.4 is 10.6 Å². The van der Waals surface area contributed by atoms with Gasteiger partial charge in [-0.25, -0.2) is 4.79 Å². The van der Waals surface area contributed by atoms with Gasteiger partial charge in [0.15, 0.2) is 0 Å². The first-order chi connectivity index (χ1) is 11.7. The summed E-state index contributed by atoms with van der Waals surface area (Å²) < 4.78 is 0. The van der Waals surface area contributed by atoms with Crippen molar-refractivity contribution in [1.29, 1.82) is 0 Å². The lowest BCUT2D eigenvalue weighted by Crippen LogP contribution is -2.28. The minimum atomic E-state index is -0.286. The lowest BCUT2D eigenvalue weighted by molar-refractivity contribution is 0.251. The number of nitrogens with one attached hydrogen (secondary N) is 2. The van der Waals surface area contributed by atoms with Crippen LogP contribution in [-0.2, 0) is 6.54 Å². The summed E-state index contributed by atoms with van der Waals surface area (Å²) in [6.07, 6.45) is 3.46. The highest BCUT2D eigenvalue weighted by Gasteiger charge is 2.03. The Morgan fingerprint density at radius 1 is 0.958 bits per heavy atom.